The van der Waals surface area contributed by atoms with Gasteiger partial charge in [-0.05, 0) is 54.2 Å². The zero-order valence-corrected chi connectivity index (χ0v) is 19.4. The standard InChI is InChI=1S/C26H23N3O4S/c1-31-21-9-7-20(8-10-21)27-26(34)29(14-17-5-3-2-4-6-17)15-19-11-18-12-23-24(33-16-32-23)13-22(18)28-25(19)30/h2-13H,14-16H2,1H3,(H,27,34)(H,28,30). The molecule has 0 amide bonds. The molecule has 1 aromatic heterocycles. The maximum Gasteiger partial charge on any atom is 0.253 e. The van der Waals surface area contributed by atoms with Crippen molar-refractivity contribution in [3.8, 4) is 17.2 Å². The summed E-state index contributed by atoms with van der Waals surface area (Å²) >= 11 is 5.76. The second kappa shape index (κ2) is 9.44. The fourth-order valence-electron chi connectivity index (χ4n) is 3.84. The van der Waals surface area contributed by atoms with Gasteiger partial charge in [-0.2, -0.15) is 0 Å². The average Bonchev–Trinajstić information content (AvgIpc) is 3.31. The summed E-state index contributed by atoms with van der Waals surface area (Å²) in [6, 6.07) is 23.1. The fraction of sp³-hybridized carbons (Fsp3) is 0.154. The van der Waals surface area contributed by atoms with Crippen molar-refractivity contribution in [2.24, 2.45) is 0 Å². The summed E-state index contributed by atoms with van der Waals surface area (Å²) < 4.78 is 16.1. The zero-order chi connectivity index (χ0) is 23.5. The molecule has 172 valence electrons. The molecule has 34 heavy (non-hydrogen) atoms. The van der Waals surface area contributed by atoms with Crippen LogP contribution in [0.3, 0.4) is 0 Å². The molecule has 0 saturated carbocycles. The van der Waals surface area contributed by atoms with Gasteiger partial charge in [0.25, 0.3) is 5.56 Å². The molecule has 8 heteroatoms. The lowest BCUT2D eigenvalue weighted by molar-refractivity contribution is 0.174. The van der Waals surface area contributed by atoms with Crippen molar-refractivity contribution in [2.45, 2.75) is 13.1 Å². The Kier molecular flexibility index (Phi) is 6.05. The van der Waals surface area contributed by atoms with E-state index < -0.39 is 0 Å². The first kappa shape index (κ1) is 21.8. The van der Waals surface area contributed by atoms with Crippen LogP contribution in [-0.4, -0.2) is 28.9 Å². The number of pyridine rings is 1. The normalized spacial score (nSPS) is 11.9. The minimum absolute atomic E-state index is 0.170. The quantitative estimate of drug-likeness (QED) is 0.394. The van der Waals surface area contributed by atoms with Crippen molar-refractivity contribution in [3.05, 3.63) is 94.3 Å². The molecule has 0 fully saturated rings. The van der Waals surface area contributed by atoms with E-state index >= 15 is 0 Å². The van der Waals surface area contributed by atoms with Crippen molar-refractivity contribution < 1.29 is 14.2 Å². The van der Waals surface area contributed by atoms with Gasteiger partial charge in [0.1, 0.15) is 5.75 Å². The third-order valence-corrected chi connectivity index (χ3v) is 5.98. The van der Waals surface area contributed by atoms with Gasteiger partial charge in [0, 0.05) is 29.2 Å². The second-order valence-corrected chi connectivity index (χ2v) is 8.30. The molecule has 0 saturated heterocycles. The molecule has 0 aliphatic carbocycles. The van der Waals surface area contributed by atoms with E-state index in [9.17, 15) is 4.79 Å². The molecule has 1 aliphatic heterocycles. The summed E-state index contributed by atoms with van der Waals surface area (Å²) in [6.45, 7) is 1.05. The van der Waals surface area contributed by atoms with Crippen LogP contribution in [0.2, 0.25) is 0 Å². The van der Waals surface area contributed by atoms with Crippen LogP contribution in [-0.2, 0) is 13.1 Å². The molecule has 1 aliphatic rings. The van der Waals surface area contributed by atoms with Crippen LogP contribution in [0.1, 0.15) is 11.1 Å². The van der Waals surface area contributed by atoms with E-state index in [1.165, 1.54) is 0 Å². The van der Waals surface area contributed by atoms with E-state index in [4.69, 9.17) is 26.4 Å². The lowest BCUT2D eigenvalue weighted by atomic mass is 10.1. The highest BCUT2D eigenvalue weighted by Crippen LogP contribution is 2.35. The minimum Gasteiger partial charge on any atom is -0.497 e. The number of methoxy groups -OCH3 is 1. The number of anilines is 1. The first-order valence-electron chi connectivity index (χ1n) is 10.8. The van der Waals surface area contributed by atoms with Gasteiger partial charge in [-0.1, -0.05) is 30.3 Å². The number of ether oxygens (including phenoxy) is 3. The third-order valence-electron chi connectivity index (χ3n) is 5.62. The van der Waals surface area contributed by atoms with Crippen LogP contribution in [0.4, 0.5) is 5.69 Å². The maximum atomic E-state index is 12.9. The Morgan fingerprint density at radius 2 is 1.76 bits per heavy atom. The topological polar surface area (TPSA) is 75.8 Å². The monoisotopic (exact) mass is 473 g/mol. The van der Waals surface area contributed by atoms with Gasteiger partial charge in [0.05, 0.1) is 19.2 Å². The number of aromatic nitrogens is 1. The van der Waals surface area contributed by atoms with Gasteiger partial charge in [-0.3, -0.25) is 4.79 Å². The summed E-state index contributed by atoms with van der Waals surface area (Å²) in [5, 5.41) is 4.66. The Morgan fingerprint density at radius 3 is 2.50 bits per heavy atom. The Bertz CT molecular complexity index is 1390. The van der Waals surface area contributed by atoms with E-state index in [0.29, 0.717) is 40.8 Å². The number of fused-ring (bicyclic) bond motifs is 2. The highest BCUT2D eigenvalue weighted by molar-refractivity contribution is 7.80. The Hall–Kier alpha value is -4.04. The second-order valence-electron chi connectivity index (χ2n) is 7.92. The van der Waals surface area contributed by atoms with E-state index in [2.05, 4.69) is 10.3 Å². The molecule has 0 radical (unpaired) electrons. The molecule has 3 aromatic carbocycles. The molecular formula is C26H23N3O4S. The number of benzene rings is 3. The average molecular weight is 474 g/mol. The lowest BCUT2D eigenvalue weighted by Gasteiger charge is -2.26. The molecule has 0 spiro atoms. The van der Waals surface area contributed by atoms with Crippen LogP contribution in [0.5, 0.6) is 17.2 Å². The van der Waals surface area contributed by atoms with Crippen LogP contribution < -0.4 is 25.1 Å². The van der Waals surface area contributed by atoms with Crippen LogP contribution >= 0.6 is 12.2 Å². The molecule has 0 unspecified atom stereocenters. The van der Waals surface area contributed by atoms with Crippen molar-refractivity contribution >= 4 is 33.9 Å². The summed E-state index contributed by atoms with van der Waals surface area (Å²) in [7, 11) is 1.63. The number of hydrogen-bond donors (Lipinski definition) is 2. The molecule has 2 heterocycles. The Morgan fingerprint density at radius 1 is 1.03 bits per heavy atom. The molecular weight excluding hydrogens is 450 g/mol. The molecule has 4 aromatic rings. The lowest BCUT2D eigenvalue weighted by Crippen LogP contribution is -2.35. The SMILES string of the molecule is COc1ccc(NC(=S)N(Cc2ccccc2)Cc2cc3cc4c(cc3[nH]c2=O)OCO4)cc1. The fourth-order valence-corrected chi connectivity index (χ4v) is 4.09. The number of rotatable bonds is 6. The minimum atomic E-state index is -0.170. The van der Waals surface area contributed by atoms with Gasteiger partial charge in [0.15, 0.2) is 16.6 Å². The summed E-state index contributed by atoms with van der Waals surface area (Å²) in [6.07, 6.45) is 0. The van der Waals surface area contributed by atoms with Gasteiger partial charge >= 0.3 is 0 Å². The van der Waals surface area contributed by atoms with Crippen molar-refractivity contribution in [2.75, 3.05) is 19.2 Å². The molecule has 5 rings (SSSR count). The number of nitrogens with zero attached hydrogens (tertiary/aromatic N) is 1. The van der Waals surface area contributed by atoms with Crippen molar-refractivity contribution in [1.29, 1.82) is 0 Å². The maximum absolute atomic E-state index is 12.9. The molecule has 7 nitrogen and oxygen atoms in total. The number of H-pyrrole nitrogens is 1. The Balaban J connectivity index is 1.44. The van der Waals surface area contributed by atoms with Crippen molar-refractivity contribution in [3.63, 3.8) is 0 Å². The summed E-state index contributed by atoms with van der Waals surface area (Å²) in [5.74, 6) is 2.07. The van der Waals surface area contributed by atoms with Crippen LogP contribution in [0.25, 0.3) is 10.9 Å². The first-order chi connectivity index (χ1) is 16.6. The smallest absolute Gasteiger partial charge is 0.253 e. The predicted molar refractivity (Wildman–Crippen MR) is 136 cm³/mol. The Labute approximate surface area is 201 Å². The third kappa shape index (κ3) is 4.67. The largest absolute Gasteiger partial charge is 0.497 e. The number of nitrogens with one attached hydrogen (secondary N) is 2. The van der Waals surface area contributed by atoms with Crippen molar-refractivity contribution in [1.82, 2.24) is 9.88 Å². The van der Waals surface area contributed by atoms with E-state index in [-0.39, 0.29) is 12.4 Å². The number of hydrogen-bond acceptors (Lipinski definition) is 5. The zero-order valence-electron chi connectivity index (χ0n) is 18.5. The van der Waals surface area contributed by atoms with Crippen LogP contribution in [0.15, 0.2) is 77.6 Å². The highest BCUT2D eigenvalue weighted by Gasteiger charge is 2.18. The van der Waals surface area contributed by atoms with Gasteiger partial charge in [-0.25, -0.2) is 0 Å². The summed E-state index contributed by atoms with van der Waals surface area (Å²) in [4.78, 5) is 17.9. The van der Waals surface area contributed by atoms with Gasteiger partial charge < -0.3 is 29.4 Å². The first-order valence-corrected chi connectivity index (χ1v) is 11.2. The number of thiocarbonyl (C=S) groups is 1. The van der Waals surface area contributed by atoms with E-state index in [1.54, 1.807) is 13.2 Å². The van der Waals surface area contributed by atoms with Crippen LogP contribution in [0, 0.1) is 0 Å². The van der Waals surface area contributed by atoms with Gasteiger partial charge in [-0.15, -0.1) is 0 Å². The number of aromatic amines is 1. The van der Waals surface area contributed by atoms with Gasteiger partial charge in [0.2, 0.25) is 6.79 Å². The molecule has 0 atom stereocenters. The van der Waals surface area contributed by atoms with E-state index in [0.717, 1.165) is 22.4 Å². The summed E-state index contributed by atoms with van der Waals surface area (Å²) in [5.41, 5.74) is 3.05. The highest BCUT2D eigenvalue weighted by atomic mass is 32.1. The predicted octanol–water partition coefficient (Wildman–Crippen LogP) is 4.66. The molecule has 0 bridgehead atoms. The van der Waals surface area contributed by atoms with E-state index in [1.807, 2.05) is 71.6 Å². The molecule has 2 N–H and O–H groups in total.